The first-order chi connectivity index (χ1) is 8.45. The Hall–Kier alpha value is -0.377. The van der Waals surface area contributed by atoms with Crippen LogP contribution in [-0.2, 0) is 19.5 Å². The molecule has 0 amide bonds. The van der Waals surface area contributed by atoms with Crippen molar-refractivity contribution in [3.05, 3.63) is 60.7 Å². The molecule has 0 atom stereocenters. The van der Waals surface area contributed by atoms with Crippen molar-refractivity contribution >= 4 is 19.2 Å². The zero-order chi connectivity index (χ0) is 13.4. The number of benzene rings is 2. The van der Waals surface area contributed by atoms with Gasteiger partial charge in [-0.3, -0.25) is 0 Å². The molecule has 0 aromatic heterocycles. The van der Waals surface area contributed by atoms with Crippen molar-refractivity contribution in [1.29, 1.82) is 0 Å². The van der Waals surface area contributed by atoms with E-state index in [-0.39, 0.29) is 19.5 Å². The molecule has 105 valence electrons. The van der Waals surface area contributed by atoms with Gasteiger partial charge < -0.3 is 0 Å². The summed E-state index contributed by atoms with van der Waals surface area (Å²) in [6, 6.07) is 21.2. The van der Waals surface area contributed by atoms with Crippen LogP contribution in [-0.4, -0.2) is 0 Å². The van der Waals surface area contributed by atoms with E-state index >= 15 is 0 Å². The van der Waals surface area contributed by atoms with E-state index in [2.05, 4.69) is 60.7 Å². The molecule has 0 aliphatic heterocycles. The minimum absolute atomic E-state index is 0. The third kappa shape index (κ3) is 11.2. The molecular formula is C12H11ClO4PRh-. The van der Waals surface area contributed by atoms with Crippen molar-refractivity contribution < 1.29 is 48.4 Å². The van der Waals surface area contributed by atoms with Gasteiger partial charge in [0.15, 0.2) is 0 Å². The molecule has 2 aromatic carbocycles. The molecule has 0 spiro atoms. The molecule has 2 aromatic rings. The minimum Gasteiger partial charge on any atom is -0.222 e. The van der Waals surface area contributed by atoms with Crippen LogP contribution >= 0.6 is 8.58 Å². The zero-order valence-corrected chi connectivity index (χ0v) is 13.0. The third-order valence-electron chi connectivity index (χ3n) is 1.84. The first-order valence-electron chi connectivity index (χ1n) is 4.94. The summed E-state index contributed by atoms with van der Waals surface area (Å²) < 4.78 is 34.0. The Balaban J connectivity index is 0.000000471. The first-order valence-corrected chi connectivity index (χ1v) is 7.17. The van der Waals surface area contributed by atoms with Crippen molar-refractivity contribution in [1.82, 2.24) is 0 Å². The predicted octanol–water partition coefficient (Wildman–Crippen LogP) is -2.44. The molecular weight excluding hydrogens is 377 g/mol. The predicted molar refractivity (Wildman–Crippen MR) is 60.5 cm³/mol. The Labute approximate surface area is 128 Å². The Kier molecular flexibility index (Phi) is 9.33. The third-order valence-corrected chi connectivity index (χ3v) is 3.08. The van der Waals surface area contributed by atoms with E-state index in [1.807, 2.05) is 0 Å². The molecule has 0 unspecified atom stereocenters. The van der Waals surface area contributed by atoms with Gasteiger partial charge in [0.1, 0.15) is 0 Å². The molecule has 0 aliphatic carbocycles. The molecule has 0 saturated heterocycles. The van der Waals surface area contributed by atoms with E-state index in [0.29, 0.717) is 0 Å². The molecule has 1 radical (unpaired) electrons. The van der Waals surface area contributed by atoms with E-state index in [1.165, 1.54) is 10.6 Å². The van der Waals surface area contributed by atoms with Gasteiger partial charge in [-0.05, 0) is 10.6 Å². The fourth-order valence-electron chi connectivity index (χ4n) is 1.21. The molecule has 0 N–H and O–H groups in total. The van der Waals surface area contributed by atoms with Gasteiger partial charge in [0.2, 0.25) is 0 Å². The Morgan fingerprint density at radius 2 is 0.895 bits per heavy atom. The van der Waals surface area contributed by atoms with Crippen LogP contribution in [0.25, 0.3) is 0 Å². The fraction of sp³-hybridized carbons (Fsp3) is 0. The van der Waals surface area contributed by atoms with E-state index in [9.17, 15) is 0 Å². The average Bonchev–Trinajstić information content (AvgIpc) is 2.29. The maximum Gasteiger partial charge on any atom is 0 e. The Bertz CT molecular complexity index is 407. The Morgan fingerprint density at radius 1 is 0.632 bits per heavy atom. The van der Waals surface area contributed by atoms with Crippen LogP contribution in [0, 0.1) is 10.2 Å². The van der Waals surface area contributed by atoms with Crippen LogP contribution in [0.15, 0.2) is 60.7 Å². The molecule has 0 heterocycles. The summed E-state index contributed by atoms with van der Waals surface area (Å²) in [4.78, 5) is 0. The molecule has 0 bridgehead atoms. The van der Waals surface area contributed by atoms with E-state index in [0.717, 1.165) is 8.58 Å². The number of hydrogen-bond donors (Lipinski definition) is 0. The number of rotatable bonds is 2. The van der Waals surface area contributed by atoms with Gasteiger partial charge in [-0.15, -0.1) is 10.2 Å². The molecule has 0 aliphatic rings. The van der Waals surface area contributed by atoms with Gasteiger partial charge in [-0.1, -0.05) is 69.2 Å². The van der Waals surface area contributed by atoms with Gasteiger partial charge in [0, 0.05) is 19.5 Å². The normalized spacial score (nSPS) is 9.89. The maximum absolute atomic E-state index is 8.49. The monoisotopic (exact) mass is 388 g/mol. The summed E-state index contributed by atoms with van der Waals surface area (Å²) in [6.07, 6.45) is 0. The van der Waals surface area contributed by atoms with Gasteiger partial charge in [0.25, 0.3) is 0 Å². The van der Waals surface area contributed by atoms with Crippen molar-refractivity contribution in [2.24, 2.45) is 0 Å². The van der Waals surface area contributed by atoms with Gasteiger partial charge in [-0.2, -0.15) is 0 Å². The van der Waals surface area contributed by atoms with E-state index in [1.54, 1.807) is 0 Å². The van der Waals surface area contributed by atoms with Crippen molar-refractivity contribution in [2.75, 3.05) is 0 Å². The van der Waals surface area contributed by atoms with Crippen LogP contribution in [0.4, 0.5) is 0 Å². The van der Waals surface area contributed by atoms with E-state index in [4.69, 9.17) is 18.6 Å². The summed E-state index contributed by atoms with van der Waals surface area (Å²) in [5.41, 5.74) is 0. The van der Waals surface area contributed by atoms with Crippen molar-refractivity contribution in [2.45, 2.75) is 0 Å². The Morgan fingerprint density at radius 3 is 1.16 bits per heavy atom. The topological polar surface area (TPSA) is 92.2 Å². The maximum atomic E-state index is 8.49. The quantitative estimate of drug-likeness (QED) is 0.422. The molecule has 2 rings (SSSR count). The summed E-state index contributed by atoms with van der Waals surface area (Å²) >= 11 is 0. The first kappa shape index (κ1) is 18.6. The number of hydrogen-bond acceptors (Lipinski definition) is 4. The van der Waals surface area contributed by atoms with Crippen LogP contribution in [0.5, 0.6) is 0 Å². The molecule has 0 fully saturated rings. The molecule has 0 saturated carbocycles. The summed E-state index contributed by atoms with van der Waals surface area (Å²) in [5.74, 6) is 0. The summed E-state index contributed by atoms with van der Waals surface area (Å²) in [5, 5.41) is 2.79. The van der Waals surface area contributed by atoms with Crippen molar-refractivity contribution in [3.63, 3.8) is 0 Å². The molecule has 19 heavy (non-hydrogen) atoms. The average molecular weight is 389 g/mol. The number of halogens is 1. The van der Waals surface area contributed by atoms with E-state index < -0.39 is 10.2 Å². The SMILES string of the molecule is [O-][Cl+3]([O-])([O-])[O-].[Rh].c1ccc(Pc2ccccc2)cc1. The smallest absolute Gasteiger partial charge is 0 e. The second kappa shape index (κ2) is 9.52. The van der Waals surface area contributed by atoms with Crippen molar-refractivity contribution in [3.8, 4) is 0 Å². The minimum atomic E-state index is -4.94. The van der Waals surface area contributed by atoms with Crippen LogP contribution in [0.3, 0.4) is 0 Å². The zero-order valence-electron chi connectivity index (χ0n) is 9.62. The van der Waals surface area contributed by atoms with Crippen LogP contribution in [0.1, 0.15) is 0 Å². The van der Waals surface area contributed by atoms with Crippen LogP contribution in [0.2, 0.25) is 0 Å². The largest absolute Gasteiger partial charge is 0.222 e. The molecule has 7 heteroatoms. The summed E-state index contributed by atoms with van der Waals surface area (Å²) in [6.45, 7) is 0. The fourth-order valence-corrected chi connectivity index (χ4v) is 2.26. The molecule has 4 nitrogen and oxygen atoms in total. The van der Waals surface area contributed by atoms with Gasteiger partial charge in [-0.25, -0.2) is 18.6 Å². The van der Waals surface area contributed by atoms with Gasteiger partial charge in [0.05, 0.1) is 0 Å². The standard InChI is InChI=1S/C12H11P.ClHO4.Rh/c1-3-7-11(8-4-1)13-12-9-5-2-6-10-12;2-1(3,4)5;/h1-10,13H;(H,2,3,4,5);/p-1. The second-order valence-electron chi connectivity index (χ2n) is 3.24. The van der Waals surface area contributed by atoms with Crippen LogP contribution < -0.4 is 29.2 Å². The summed E-state index contributed by atoms with van der Waals surface area (Å²) in [7, 11) is -4.17. The second-order valence-corrected chi connectivity index (χ2v) is 5.40. The van der Waals surface area contributed by atoms with Gasteiger partial charge >= 0.3 is 0 Å².